The van der Waals surface area contributed by atoms with Crippen molar-refractivity contribution < 1.29 is 9.90 Å². The van der Waals surface area contributed by atoms with Crippen LogP contribution in [0.4, 0.5) is 5.69 Å². The van der Waals surface area contributed by atoms with Crippen molar-refractivity contribution in [1.82, 2.24) is 0 Å². The van der Waals surface area contributed by atoms with Crippen LogP contribution in [0.25, 0.3) is 0 Å². The van der Waals surface area contributed by atoms with Gasteiger partial charge in [-0.05, 0) is 42.8 Å². The van der Waals surface area contributed by atoms with Crippen LogP contribution in [0.1, 0.15) is 36.5 Å². The number of carboxylic acids is 1. The van der Waals surface area contributed by atoms with Crippen LogP contribution in [0.15, 0.2) is 84.9 Å². The normalized spacial score (nSPS) is 11.2. The Bertz CT molecular complexity index is 871. The maximum Gasteiger partial charge on any atom is 0.335 e. The molecule has 0 aliphatic heterocycles. The second kappa shape index (κ2) is 10.8. The van der Waals surface area contributed by atoms with Gasteiger partial charge >= 0.3 is 5.97 Å². The highest BCUT2D eigenvalue weighted by atomic mass is 28.3. The first-order valence-corrected chi connectivity index (χ1v) is 13.3. The lowest BCUT2D eigenvalue weighted by molar-refractivity contribution is 0.0697. The molecule has 2 N–H and O–H groups in total. The average molecular weight is 418 g/mol. The minimum absolute atomic E-state index is 0.319. The number of anilines is 1. The van der Waals surface area contributed by atoms with Crippen molar-refractivity contribution in [2.45, 2.75) is 38.3 Å². The summed E-state index contributed by atoms with van der Waals surface area (Å²) in [7, 11) is -1.85. The molecule has 0 radical (unpaired) electrons. The van der Waals surface area contributed by atoms with Crippen molar-refractivity contribution >= 4 is 30.1 Å². The zero-order valence-electron chi connectivity index (χ0n) is 17.7. The maximum absolute atomic E-state index is 11.0. The van der Waals surface area contributed by atoms with Crippen molar-refractivity contribution in [2.24, 2.45) is 0 Å². The van der Waals surface area contributed by atoms with Gasteiger partial charge in [-0.2, -0.15) is 0 Å². The van der Waals surface area contributed by atoms with E-state index >= 15 is 0 Å². The van der Waals surface area contributed by atoms with E-state index in [9.17, 15) is 4.79 Å². The van der Waals surface area contributed by atoms with Crippen LogP contribution < -0.4 is 15.7 Å². The predicted octanol–water partition coefficient (Wildman–Crippen LogP) is 5.25. The van der Waals surface area contributed by atoms with Gasteiger partial charge in [0.2, 0.25) is 0 Å². The first kappa shape index (κ1) is 21.8. The summed E-state index contributed by atoms with van der Waals surface area (Å²) in [5.41, 5.74) is 1.29. The first-order valence-electron chi connectivity index (χ1n) is 10.8. The molecule has 4 heteroatoms. The lowest BCUT2D eigenvalue weighted by Crippen LogP contribution is -2.58. The summed E-state index contributed by atoms with van der Waals surface area (Å²) in [6.07, 6.45) is 3.54. The van der Waals surface area contributed by atoms with Gasteiger partial charge in [0.15, 0.2) is 0 Å². The van der Waals surface area contributed by atoms with E-state index in [1.807, 2.05) is 12.1 Å². The van der Waals surface area contributed by atoms with Gasteiger partial charge in [-0.15, -0.1) is 0 Å². The Hall–Kier alpha value is -2.85. The molecule has 0 saturated carbocycles. The van der Waals surface area contributed by atoms with Gasteiger partial charge in [0, 0.05) is 12.2 Å². The summed E-state index contributed by atoms with van der Waals surface area (Å²) >= 11 is 0. The maximum atomic E-state index is 11.0. The monoisotopic (exact) mass is 417 g/mol. The summed E-state index contributed by atoms with van der Waals surface area (Å²) < 4.78 is 0. The highest BCUT2D eigenvalue weighted by molar-refractivity contribution is 7.02. The van der Waals surface area contributed by atoms with E-state index in [2.05, 4.69) is 72.9 Å². The molecule has 0 atom stereocenters. The van der Waals surface area contributed by atoms with Gasteiger partial charge in [0.1, 0.15) is 8.07 Å². The summed E-state index contributed by atoms with van der Waals surface area (Å²) in [6, 6.07) is 31.7. The molecular weight excluding hydrogens is 386 g/mol. The fourth-order valence-corrected chi connectivity index (χ4v) is 9.35. The van der Waals surface area contributed by atoms with E-state index in [-0.39, 0.29) is 0 Å². The van der Waals surface area contributed by atoms with Crippen LogP contribution in [0.2, 0.25) is 12.1 Å². The summed E-state index contributed by atoms with van der Waals surface area (Å²) in [5, 5.41) is 15.6. The molecule has 0 aromatic heterocycles. The van der Waals surface area contributed by atoms with Crippen LogP contribution in [-0.2, 0) is 0 Å². The highest BCUT2D eigenvalue weighted by Crippen LogP contribution is 2.22. The Morgan fingerprint density at radius 1 is 0.800 bits per heavy atom. The van der Waals surface area contributed by atoms with Gasteiger partial charge in [0.05, 0.1) is 5.56 Å². The second-order valence-electron chi connectivity index (χ2n) is 7.83. The summed E-state index contributed by atoms with van der Waals surface area (Å²) in [4.78, 5) is 11.0. The molecule has 0 aliphatic carbocycles. The summed E-state index contributed by atoms with van der Waals surface area (Å²) in [6.45, 7) is 3.16. The Morgan fingerprint density at radius 2 is 1.33 bits per heavy atom. The lowest BCUT2D eigenvalue weighted by atomic mass is 10.2. The third kappa shape index (κ3) is 5.39. The molecule has 0 spiro atoms. The summed E-state index contributed by atoms with van der Waals surface area (Å²) in [5.74, 6) is -0.890. The molecule has 0 unspecified atom stereocenters. The number of rotatable bonds is 11. The molecule has 0 amide bonds. The molecule has 0 saturated heterocycles. The van der Waals surface area contributed by atoms with E-state index in [0.717, 1.165) is 18.7 Å². The van der Waals surface area contributed by atoms with Gasteiger partial charge in [-0.25, -0.2) is 4.79 Å². The van der Waals surface area contributed by atoms with Gasteiger partial charge < -0.3 is 10.4 Å². The predicted molar refractivity (Wildman–Crippen MR) is 129 cm³/mol. The molecule has 0 aliphatic rings. The Kier molecular flexibility index (Phi) is 7.86. The number of carboxylic acid groups (broad SMARTS) is 1. The van der Waals surface area contributed by atoms with Crippen LogP contribution in [0.5, 0.6) is 0 Å². The number of hydrogen-bond donors (Lipinski definition) is 2. The van der Waals surface area contributed by atoms with Crippen molar-refractivity contribution in [3.63, 3.8) is 0 Å². The quantitative estimate of drug-likeness (QED) is 0.331. The molecular formula is C26H31NO2Si. The van der Waals surface area contributed by atoms with Crippen LogP contribution >= 0.6 is 0 Å². The first-order chi connectivity index (χ1) is 14.7. The molecule has 3 aromatic carbocycles. The molecule has 0 heterocycles. The number of carbonyl (C=O) groups is 1. The third-order valence-corrected chi connectivity index (χ3v) is 11.1. The van der Waals surface area contributed by atoms with Crippen molar-refractivity contribution in [3.05, 3.63) is 90.5 Å². The number of unbranched alkanes of at least 4 members (excludes halogenated alkanes) is 1. The fourth-order valence-electron chi connectivity index (χ4n) is 4.22. The van der Waals surface area contributed by atoms with Crippen LogP contribution in [-0.4, -0.2) is 25.7 Å². The minimum atomic E-state index is -1.85. The fraction of sp³-hybridized carbons (Fsp3) is 0.269. The minimum Gasteiger partial charge on any atom is -0.478 e. The number of nitrogens with one attached hydrogen (secondary N) is 1. The number of benzene rings is 3. The van der Waals surface area contributed by atoms with E-state index in [1.54, 1.807) is 12.1 Å². The molecule has 3 aromatic rings. The smallest absolute Gasteiger partial charge is 0.335 e. The Labute approximate surface area is 180 Å². The van der Waals surface area contributed by atoms with E-state index < -0.39 is 14.0 Å². The second-order valence-corrected chi connectivity index (χ2v) is 12.1. The topological polar surface area (TPSA) is 49.3 Å². The lowest BCUT2D eigenvalue weighted by Gasteiger charge is -2.33. The zero-order valence-corrected chi connectivity index (χ0v) is 18.7. The van der Waals surface area contributed by atoms with E-state index in [1.165, 1.54) is 35.3 Å². The van der Waals surface area contributed by atoms with Crippen molar-refractivity contribution in [1.29, 1.82) is 0 Å². The van der Waals surface area contributed by atoms with Crippen LogP contribution in [0, 0.1) is 0 Å². The molecule has 156 valence electrons. The largest absolute Gasteiger partial charge is 0.478 e. The molecule has 3 rings (SSSR count). The zero-order chi connectivity index (χ0) is 21.2. The number of aromatic carboxylic acids is 1. The van der Waals surface area contributed by atoms with E-state index in [0.29, 0.717) is 5.56 Å². The average Bonchev–Trinajstić information content (AvgIpc) is 2.80. The van der Waals surface area contributed by atoms with Gasteiger partial charge in [-0.1, -0.05) is 90.8 Å². The SMILES string of the molecule is CCCC[Si](CCCNc1ccc(C(=O)O)cc1)(c1ccccc1)c1ccccc1. The van der Waals surface area contributed by atoms with Crippen molar-refractivity contribution in [2.75, 3.05) is 11.9 Å². The van der Waals surface area contributed by atoms with Gasteiger partial charge in [-0.3, -0.25) is 0 Å². The molecule has 0 fully saturated rings. The Morgan fingerprint density at radius 3 is 1.83 bits per heavy atom. The third-order valence-electron chi connectivity index (χ3n) is 5.85. The standard InChI is InChI=1S/C26H31NO2Si/c1-2-3-20-30(24-11-6-4-7-12-24,25-13-8-5-9-14-25)21-10-19-27-23-17-15-22(16-18-23)26(28)29/h4-9,11-18,27H,2-3,10,19-21H2,1H3,(H,28,29). The van der Waals surface area contributed by atoms with Gasteiger partial charge in [0.25, 0.3) is 0 Å². The highest BCUT2D eigenvalue weighted by Gasteiger charge is 2.35. The Balaban J connectivity index is 1.76. The molecule has 3 nitrogen and oxygen atoms in total. The number of hydrogen-bond acceptors (Lipinski definition) is 2. The molecule has 0 bridgehead atoms. The molecule has 30 heavy (non-hydrogen) atoms. The van der Waals surface area contributed by atoms with Crippen molar-refractivity contribution in [3.8, 4) is 0 Å². The van der Waals surface area contributed by atoms with Crippen LogP contribution in [0.3, 0.4) is 0 Å². The van der Waals surface area contributed by atoms with E-state index in [4.69, 9.17) is 5.11 Å².